The first-order valence-corrected chi connectivity index (χ1v) is 17.0. The molecule has 1 N–H and O–H groups in total. The number of carbonyl (C=O) groups excluding carboxylic acids is 3. The van der Waals surface area contributed by atoms with E-state index in [1.165, 1.54) is 20.8 Å². The van der Waals surface area contributed by atoms with Gasteiger partial charge < -0.3 is 24.1 Å². The molecule has 44 heavy (non-hydrogen) atoms. The van der Waals surface area contributed by atoms with Crippen LogP contribution in [0.4, 0.5) is 0 Å². The quantitative estimate of drug-likeness (QED) is 0.273. The SMILES string of the molecule is CC(=O)O[C@H]1CC[C@@]2(C)C(CC[C@]3(C)C2C[C@@H](OC(C)=O)C2[C@@](O)([C@]4(C)CC[C@H](C(C)(C)OC(C)=O)O4)CC[C@]23C)C1(C)C. The number of aliphatic hydroxyl groups is 1. The summed E-state index contributed by atoms with van der Waals surface area (Å²) in [6.07, 6.45) is 6.25. The van der Waals surface area contributed by atoms with Crippen molar-refractivity contribution in [3.8, 4) is 0 Å². The molecule has 8 nitrogen and oxygen atoms in total. The van der Waals surface area contributed by atoms with Crippen molar-refractivity contribution in [2.45, 2.75) is 169 Å². The number of hydrogen-bond acceptors (Lipinski definition) is 8. The van der Waals surface area contributed by atoms with Gasteiger partial charge in [0, 0.05) is 32.1 Å². The smallest absolute Gasteiger partial charge is 0.303 e. The van der Waals surface area contributed by atoms with Crippen LogP contribution in [0.15, 0.2) is 0 Å². The first-order chi connectivity index (χ1) is 20.1. The second-order valence-electron chi connectivity index (χ2n) is 17.3. The highest BCUT2D eigenvalue weighted by Gasteiger charge is 2.76. The van der Waals surface area contributed by atoms with Crippen LogP contribution < -0.4 is 0 Å². The monoisotopic (exact) mass is 618 g/mol. The van der Waals surface area contributed by atoms with E-state index in [9.17, 15) is 19.5 Å². The van der Waals surface area contributed by atoms with Crippen molar-refractivity contribution in [1.82, 2.24) is 0 Å². The average molecular weight is 619 g/mol. The lowest BCUT2D eigenvalue weighted by molar-refractivity contribution is -0.280. The van der Waals surface area contributed by atoms with Gasteiger partial charge in [-0.05, 0) is 107 Å². The Kier molecular flexibility index (Phi) is 7.98. The number of esters is 3. The minimum atomic E-state index is -1.22. The van der Waals surface area contributed by atoms with Gasteiger partial charge in [-0.1, -0.05) is 34.6 Å². The van der Waals surface area contributed by atoms with E-state index in [0.29, 0.717) is 31.6 Å². The van der Waals surface area contributed by atoms with Crippen molar-refractivity contribution in [2.75, 3.05) is 0 Å². The van der Waals surface area contributed by atoms with Crippen molar-refractivity contribution in [3.05, 3.63) is 0 Å². The standard InChI is InChI=1S/C36H58O8/c1-21(37)41-24-20-26-32(8)15-13-27(42-22(2)38)30(4,5)25(32)12-16-33(26,9)34(10)18-19-36(40,29(24)34)35(11)17-14-28(44-35)31(6,7)43-23(3)39/h24-29,40H,12-20H2,1-11H3/t24-,25?,26?,27+,28-,29?,32+,33-,34-,35+,36-/m1/s1. The zero-order valence-electron chi connectivity index (χ0n) is 29.1. The van der Waals surface area contributed by atoms with Gasteiger partial charge in [-0.25, -0.2) is 0 Å². The largest absolute Gasteiger partial charge is 0.462 e. The predicted octanol–water partition coefficient (Wildman–Crippen LogP) is 6.54. The highest BCUT2D eigenvalue weighted by Crippen LogP contribution is 2.77. The number of carbonyl (C=O) groups is 3. The number of hydrogen-bond donors (Lipinski definition) is 1. The van der Waals surface area contributed by atoms with Gasteiger partial charge in [-0.2, -0.15) is 0 Å². The van der Waals surface area contributed by atoms with Crippen molar-refractivity contribution >= 4 is 17.9 Å². The van der Waals surface area contributed by atoms with Crippen LogP contribution in [0.25, 0.3) is 0 Å². The van der Waals surface area contributed by atoms with Gasteiger partial charge >= 0.3 is 17.9 Å². The third kappa shape index (κ3) is 4.69. The molecule has 5 aliphatic rings. The summed E-state index contributed by atoms with van der Waals surface area (Å²) in [4.78, 5) is 36.6. The summed E-state index contributed by atoms with van der Waals surface area (Å²) in [5, 5.41) is 13.0. The first kappa shape index (κ1) is 33.7. The maximum absolute atomic E-state index is 13.0. The van der Waals surface area contributed by atoms with E-state index in [1.54, 1.807) is 0 Å². The Labute approximate surface area is 264 Å². The number of ether oxygens (including phenoxy) is 4. The molecule has 0 aromatic carbocycles. The molecular formula is C36H58O8. The summed E-state index contributed by atoms with van der Waals surface area (Å²) < 4.78 is 24.6. The maximum atomic E-state index is 13.0. The van der Waals surface area contributed by atoms with Gasteiger partial charge in [0.1, 0.15) is 23.4 Å². The highest BCUT2D eigenvalue weighted by atomic mass is 16.6. The topological polar surface area (TPSA) is 108 Å². The average Bonchev–Trinajstić information content (AvgIpc) is 3.42. The fourth-order valence-corrected chi connectivity index (χ4v) is 12.2. The molecule has 1 saturated heterocycles. The fourth-order valence-electron chi connectivity index (χ4n) is 12.2. The van der Waals surface area contributed by atoms with Crippen LogP contribution in [0.2, 0.25) is 0 Å². The molecule has 1 heterocycles. The summed E-state index contributed by atoms with van der Waals surface area (Å²) in [7, 11) is 0. The predicted molar refractivity (Wildman–Crippen MR) is 165 cm³/mol. The summed E-state index contributed by atoms with van der Waals surface area (Å²) in [5.41, 5.74) is -3.55. The van der Waals surface area contributed by atoms with Crippen LogP contribution in [0.5, 0.6) is 0 Å². The molecule has 0 bridgehead atoms. The van der Waals surface area contributed by atoms with E-state index in [4.69, 9.17) is 18.9 Å². The van der Waals surface area contributed by atoms with Crippen LogP contribution >= 0.6 is 0 Å². The number of fused-ring (bicyclic) bond motifs is 5. The van der Waals surface area contributed by atoms with Crippen molar-refractivity contribution in [1.29, 1.82) is 0 Å². The molecule has 1 aliphatic heterocycles. The Bertz CT molecular complexity index is 1190. The third-order valence-electron chi connectivity index (χ3n) is 14.4. The van der Waals surface area contributed by atoms with E-state index in [0.717, 1.165) is 32.1 Å². The second kappa shape index (κ2) is 10.4. The minimum absolute atomic E-state index is 0.0346. The van der Waals surface area contributed by atoms with Crippen LogP contribution in [0.1, 0.15) is 134 Å². The van der Waals surface area contributed by atoms with Gasteiger partial charge in [0.15, 0.2) is 0 Å². The molecule has 250 valence electrons. The zero-order chi connectivity index (χ0) is 32.9. The van der Waals surface area contributed by atoms with Gasteiger partial charge in [0.05, 0.1) is 11.7 Å². The minimum Gasteiger partial charge on any atom is -0.462 e. The van der Waals surface area contributed by atoms with Crippen molar-refractivity contribution in [2.24, 2.45) is 39.4 Å². The van der Waals surface area contributed by atoms with Crippen molar-refractivity contribution < 1.29 is 38.4 Å². The third-order valence-corrected chi connectivity index (χ3v) is 14.4. The van der Waals surface area contributed by atoms with E-state index >= 15 is 0 Å². The lowest BCUT2D eigenvalue weighted by Crippen LogP contribution is -2.70. The fraction of sp³-hybridized carbons (Fsp3) is 0.917. The van der Waals surface area contributed by atoms with E-state index in [-0.39, 0.29) is 63.6 Å². The highest BCUT2D eigenvalue weighted by molar-refractivity contribution is 5.67. The molecule has 0 aromatic heterocycles. The molecule has 0 amide bonds. The van der Waals surface area contributed by atoms with Gasteiger partial charge in [0.2, 0.25) is 0 Å². The summed E-state index contributed by atoms with van der Waals surface area (Å²) in [5.74, 6) is -0.572. The van der Waals surface area contributed by atoms with E-state index in [1.807, 2.05) is 20.8 Å². The second-order valence-corrected chi connectivity index (χ2v) is 17.3. The van der Waals surface area contributed by atoms with Crippen LogP contribution in [0.3, 0.4) is 0 Å². The van der Waals surface area contributed by atoms with Gasteiger partial charge in [0.25, 0.3) is 0 Å². The Morgan fingerprint density at radius 3 is 1.98 bits per heavy atom. The van der Waals surface area contributed by atoms with Crippen LogP contribution in [-0.2, 0) is 33.3 Å². The van der Waals surface area contributed by atoms with Gasteiger partial charge in [-0.15, -0.1) is 0 Å². The first-order valence-electron chi connectivity index (χ1n) is 17.0. The normalized spacial score (nSPS) is 48.0. The van der Waals surface area contributed by atoms with E-state index in [2.05, 4.69) is 34.6 Å². The Morgan fingerprint density at radius 2 is 1.39 bits per heavy atom. The lowest BCUT2D eigenvalue weighted by atomic mass is 9.35. The molecule has 8 heteroatoms. The molecule has 4 saturated carbocycles. The molecule has 0 aromatic rings. The molecule has 0 radical (unpaired) electrons. The maximum Gasteiger partial charge on any atom is 0.303 e. The Balaban J connectivity index is 1.53. The van der Waals surface area contributed by atoms with Gasteiger partial charge in [-0.3, -0.25) is 14.4 Å². The zero-order valence-corrected chi connectivity index (χ0v) is 29.1. The molecule has 5 fully saturated rings. The summed E-state index contributed by atoms with van der Waals surface area (Å²) in [6.45, 7) is 21.9. The van der Waals surface area contributed by atoms with Crippen LogP contribution in [-0.4, -0.2) is 58.1 Å². The molecule has 0 spiro atoms. The Hall–Kier alpha value is -1.67. The molecule has 5 rings (SSSR count). The lowest BCUT2D eigenvalue weighted by Gasteiger charge is -2.71. The molecule has 11 atom stereocenters. The van der Waals surface area contributed by atoms with E-state index < -0.39 is 22.9 Å². The molecular weight excluding hydrogens is 560 g/mol. The summed E-state index contributed by atoms with van der Waals surface area (Å²) in [6, 6.07) is 0. The summed E-state index contributed by atoms with van der Waals surface area (Å²) >= 11 is 0. The molecule has 3 unspecified atom stereocenters. The van der Waals surface area contributed by atoms with Crippen LogP contribution in [0, 0.1) is 39.4 Å². The molecule has 4 aliphatic carbocycles. The Morgan fingerprint density at radius 1 is 0.750 bits per heavy atom. The van der Waals surface area contributed by atoms with Crippen molar-refractivity contribution in [3.63, 3.8) is 0 Å². The number of rotatable bonds is 5.